The Morgan fingerprint density at radius 1 is 1.57 bits per heavy atom. The van der Waals surface area contributed by atoms with Gasteiger partial charge in [-0.1, -0.05) is 6.92 Å². The summed E-state index contributed by atoms with van der Waals surface area (Å²) in [6.07, 6.45) is 1.33. The second-order valence-electron chi connectivity index (χ2n) is 3.45. The molecule has 0 aromatic heterocycles. The van der Waals surface area contributed by atoms with Crippen molar-refractivity contribution in [3.63, 3.8) is 0 Å². The van der Waals surface area contributed by atoms with Crippen molar-refractivity contribution in [3.05, 3.63) is 0 Å². The van der Waals surface area contributed by atoms with Gasteiger partial charge in [0.15, 0.2) is 0 Å². The number of amides is 1. The molecular weight excluding hydrogens is 180 g/mol. The molecule has 0 aliphatic heterocycles. The van der Waals surface area contributed by atoms with Crippen molar-refractivity contribution in [1.82, 2.24) is 5.32 Å². The topological polar surface area (TPSA) is 64.3 Å². The molecule has 0 saturated heterocycles. The molecule has 0 aromatic rings. The first-order chi connectivity index (χ1) is 6.70. The molecule has 0 aliphatic rings. The maximum atomic E-state index is 11.2. The predicted molar refractivity (Wildman–Crippen MR) is 57.0 cm³/mol. The molecular formula is C10H22N2O2. The van der Waals surface area contributed by atoms with Crippen molar-refractivity contribution in [2.75, 3.05) is 26.3 Å². The molecule has 0 rings (SSSR count). The summed E-state index contributed by atoms with van der Waals surface area (Å²) >= 11 is 0. The summed E-state index contributed by atoms with van der Waals surface area (Å²) in [5.74, 6) is 0.441. The SMILES string of the molecule is CCOCCCC(=O)NCC(C)CN. The molecule has 1 amide bonds. The van der Waals surface area contributed by atoms with Crippen molar-refractivity contribution in [1.29, 1.82) is 0 Å². The Balaban J connectivity index is 3.28. The fourth-order valence-corrected chi connectivity index (χ4v) is 0.939. The van der Waals surface area contributed by atoms with Crippen LogP contribution < -0.4 is 11.1 Å². The van der Waals surface area contributed by atoms with Gasteiger partial charge < -0.3 is 15.8 Å². The summed E-state index contributed by atoms with van der Waals surface area (Å²) in [7, 11) is 0. The largest absolute Gasteiger partial charge is 0.382 e. The van der Waals surface area contributed by atoms with E-state index >= 15 is 0 Å². The molecule has 3 N–H and O–H groups in total. The number of ether oxygens (including phenoxy) is 1. The molecule has 0 saturated carbocycles. The van der Waals surface area contributed by atoms with Crippen molar-refractivity contribution in [2.24, 2.45) is 11.7 Å². The standard InChI is InChI=1S/C10H22N2O2/c1-3-14-6-4-5-10(13)12-8-9(2)7-11/h9H,3-8,11H2,1-2H3,(H,12,13). The van der Waals surface area contributed by atoms with Gasteiger partial charge in [-0.05, 0) is 25.8 Å². The smallest absolute Gasteiger partial charge is 0.220 e. The third kappa shape index (κ3) is 8.01. The zero-order valence-electron chi connectivity index (χ0n) is 9.21. The van der Waals surface area contributed by atoms with Gasteiger partial charge in [0.05, 0.1) is 0 Å². The first-order valence-electron chi connectivity index (χ1n) is 5.25. The maximum Gasteiger partial charge on any atom is 0.220 e. The zero-order chi connectivity index (χ0) is 10.8. The summed E-state index contributed by atoms with van der Waals surface area (Å²) < 4.78 is 5.13. The lowest BCUT2D eigenvalue weighted by Crippen LogP contribution is -2.31. The van der Waals surface area contributed by atoms with E-state index in [0.29, 0.717) is 38.6 Å². The Kier molecular flexibility index (Phi) is 8.57. The number of carbonyl (C=O) groups excluding carboxylic acids is 1. The number of nitrogens with one attached hydrogen (secondary N) is 1. The number of hydrogen-bond acceptors (Lipinski definition) is 3. The Morgan fingerprint density at radius 3 is 2.86 bits per heavy atom. The van der Waals surface area contributed by atoms with Crippen molar-refractivity contribution in [3.8, 4) is 0 Å². The molecule has 14 heavy (non-hydrogen) atoms. The number of nitrogens with two attached hydrogens (primary N) is 1. The van der Waals surface area contributed by atoms with E-state index in [2.05, 4.69) is 5.32 Å². The molecule has 0 radical (unpaired) electrons. The van der Waals surface area contributed by atoms with Crippen molar-refractivity contribution in [2.45, 2.75) is 26.7 Å². The van der Waals surface area contributed by atoms with E-state index in [9.17, 15) is 4.79 Å². The maximum absolute atomic E-state index is 11.2. The summed E-state index contributed by atoms with van der Waals surface area (Å²) in [6, 6.07) is 0. The van der Waals surface area contributed by atoms with Gasteiger partial charge in [-0.15, -0.1) is 0 Å². The number of rotatable bonds is 8. The average molecular weight is 202 g/mol. The summed E-state index contributed by atoms with van der Waals surface area (Å²) in [4.78, 5) is 11.2. The Hall–Kier alpha value is -0.610. The molecule has 0 heterocycles. The first kappa shape index (κ1) is 13.4. The molecule has 0 bridgehead atoms. The highest BCUT2D eigenvalue weighted by molar-refractivity contribution is 5.75. The fourth-order valence-electron chi connectivity index (χ4n) is 0.939. The lowest BCUT2D eigenvalue weighted by atomic mass is 10.2. The highest BCUT2D eigenvalue weighted by Crippen LogP contribution is 1.92. The van der Waals surface area contributed by atoms with Crippen LogP contribution in [0.15, 0.2) is 0 Å². The highest BCUT2D eigenvalue weighted by Gasteiger charge is 2.03. The van der Waals surface area contributed by atoms with Crippen LogP contribution >= 0.6 is 0 Å². The van der Waals surface area contributed by atoms with Gasteiger partial charge in [-0.2, -0.15) is 0 Å². The third-order valence-corrected chi connectivity index (χ3v) is 1.95. The Labute approximate surface area is 86.2 Å². The fraction of sp³-hybridized carbons (Fsp3) is 0.900. The third-order valence-electron chi connectivity index (χ3n) is 1.95. The molecule has 0 spiro atoms. The second kappa shape index (κ2) is 8.97. The monoisotopic (exact) mass is 202 g/mol. The Bertz CT molecular complexity index is 151. The normalized spacial score (nSPS) is 12.5. The van der Waals surface area contributed by atoms with E-state index < -0.39 is 0 Å². The van der Waals surface area contributed by atoms with Crippen LogP contribution in [0.3, 0.4) is 0 Å². The van der Waals surface area contributed by atoms with Gasteiger partial charge in [-0.25, -0.2) is 0 Å². The molecule has 4 heteroatoms. The quantitative estimate of drug-likeness (QED) is 0.564. The van der Waals surface area contributed by atoms with Crippen LogP contribution in [0, 0.1) is 5.92 Å². The molecule has 1 unspecified atom stereocenters. The van der Waals surface area contributed by atoms with E-state index in [1.54, 1.807) is 0 Å². The lowest BCUT2D eigenvalue weighted by molar-refractivity contribution is -0.121. The van der Waals surface area contributed by atoms with Crippen LogP contribution in [0.25, 0.3) is 0 Å². The van der Waals surface area contributed by atoms with Crippen molar-refractivity contribution < 1.29 is 9.53 Å². The Morgan fingerprint density at radius 2 is 2.29 bits per heavy atom. The minimum atomic E-state index is 0.0880. The minimum Gasteiger partial charge on any atom is -0.382 e. The van der Waals surface area contributed by atoms with E-state index in [0.717, 1.165) is 6.42 Å². The van der Waals surface area contributed by atoms with Crippen LogP contribution in [-0.2, 0) is 9.53 Å². The van der Waals surface area contributed by atoms with Crippen LogP contribution in [0.1, 0.15) is 26.7 Å². The zero-order valence-corrected chi connectivity index (χ0v) is 9.21. The average Bonchev–Trinajstić information content (AvgIpc) is 2.21. The van der Waals surface area contributed by atoms with Crippen LogP contribution in [0.4, 0.5) is 0 Å². The summed E-state index contributed by atoms with van der Waals surface area (Å²) in [5, 5.41) is 2.84. The van der Waals surface area contributed by atoms with Gasteiger partial charge in [0, 0.05) is 26.2 Å². The molecule has 84 valence electrons. The van der Waals surface area contributed by atoms with Gasteiger partial charge in [0.1, 0.15) is 0 Å². The van der Waals surface area contributed by atoms with Crippen LogP contribution in [-0.4, -0.2) is 32.2 Å². The molecule has 0 aromatic carbocycles. The lowest BCUT2D eigenvalue weighted by Gasteiger charge is -2.09. The first-order valence-corrected chi connectivity index (χ1v) is 5.25. The summed E-state index contributed by atoms with van der Waals surface area (Å²) in [6.45, 7) is 6.62. The van der Waals surface area contributed by atoms with Crippen molar-refractivity contribution >= 4 is 5.91 Å². The van der Waals surface area contributed by atoms with Gasteiger partial charge in [0.25, 0.3) is 0 Å². The molecule has 0 fully saturated rings. The number of carbonyl (C=O) groups is 1. The minimum absolute atomic E-state index is 0.0880. The van der Waals surface area contributed by atoms with E-state index in [1.807, 2.05) is 13.8 Å². The summed E-state index contributed by atoms with van der Waals surface area (Å²) in [5.41, 5.74) is 5.43. The second-order valence-corrected chi connectivity index (χ2v) is 3.45. The number of hydrogen-bond donors (Lipinski definition) is 2. The van der Waals surface area contributed by atoms with E-state index in [1.165, 1.54) is 0 Å². The van der Waals surface area contributed by atoms with E-state index in [-0.39, 0.29) is 5.91 Å². The van der Waals surface area contributed by atoms with Gasteiger partial charge >= 0.3 is 0 Å². The van der Waals surface area contributed by atoms with Crippen LogP contribution in [0.5, 0.6) is 0 Å². The van der Waals surface area contributed by atoms with Crippen LogP contribution in [0.2, 0.25) is 0 Å². The van der Waals surface area contributed by atoms with Gasteiger partial charge in [-0.3, -0.25) is 4.79 Å². The molecule has 1 atom stereocenters. The van der Waals surface area contributed by atoms with Gasteiger partial charge in [0.2, 0.25) is 5.91 Å². The molecule has 4 nitrogen and oxygen atoms in total. The van der Waals surface area contributed by atoms with E-state index in [4.69, 9.17) is 10.5 Å². The molecule has 0 aliphatic carbocycles. The predicted octanol–water partition coefficient (Wildman–Crippen LogP) is 0.514. The highest BCUT2D eigenvalue weighted by atomic mass is 16.5.